The van der Waals surface area contributed by atoms with E-state index in [4.69, 9.17) is 9.47 Å². The van der Waals surface area contributed by atoms with Gasteiger partial charge in [-0.1, -0.05) is 35.7 Å². The third kappa shape index (κ3) is 3.79. The average molecular weight is 357 g/mol. The highest BCUT2D eigenvalue weighted by Gasteiger charge is 2.41. The molecule has 21 heavy (non-hydrogen) atoms. The Morgan fingerprint density at radius 1 is 1.43 bits per heavy atom. The summed E-state index contributed by atoms with van der Waals surface area (Å²) < 4.78 is 12.2. The van der Waals surface area contributed by atoms with Crippen molar-refractivity contribution in [3.8, 4) is 5.75 Å². The lowest BCUT2D eigenvalue weighted by atomic mass is 9.74. The number of rotatable bonds is 5. The highest BCUT2D eigenvalue weighted by Crippen LogP contribution is 2.39. The van der Waals surface area contributed by atoms with Crippen LogP contribution in [0, 0.1) is 5.92 Å². The Morgan fingerprint density at radius 3 is 2.81 bits per heavy atom. The van der Waals surface area contributed by atoms with E-state index in [2.05, 4.69) is 22.9 Å². The number of hydrogen-bond donors (Lipinski definition) is 1. The Labute approximate surface area is 135 Å². The summed E-state index contributed by atoms with van der Waals surface area (Å²) in [7, 11) is 3.38. The van der Waals surface area contributed by atoms with Gasteiger partial charge in [-0.05, 0) is 42.5 Å². The zero-order valence-corrected chi connectivity index (χ0v) is 14.6. The summed E-state index contributed by atoms with van der Waals surface area (Å²) >= 11 is 3.48. The van der Waals surface area contributed by atoms with Gasteiger partial charge < -0.3 is 14.6 Å². The molecule has 1 N–H and O–H groups in total. The van der Waals surface area contributed by atoms with Gasteiger partial charge in [0.2, 0.25) is 0 Å². The largest absolute Gasteiger partial charge is 0.496 e. The van der Waals surface area contributed by atoms with Crippen LogP contribution in [0.2, 0.25) is 0 Å². The second-order valence-electron chi connectivity index (χ2n) is 6.15. The van der Waals surface area contributed by atoms with Gasteiger partial charge in [-0.25, -0.2) is 0 Å². The van der Waals surface area contributed by atoms with Crippen LogP contribution in [-0.4, -0.2) is 31.0 Å². The minimum atomic E-state index is -0.520. The van der Waals surface area contributed by atoms with Crippen LogP contribution in [0.3, 0.4) is 0 Å². The number of aliphatic hydroxyl groups excluding tert-OH is 1. The summed E-state index contributed by atoms with van der Waals surface area (Å²) in [4.78, 5) is 0. The van der Waals surface area contributed by atoms with Crippen LogP contribution in [0.5, 0.6) is 5.75 Å². The maximum Gasteiger partial charge on any atom is 0.122 e. The zero-order chi connectivity index (χ0) is 15.5. The molecule has 0 spiro atoms. The molecule has 1 fully saturated rings. The van der Waals surface area contributed by atoms with Gasteiger partial charge in [0.05, 0.1) is 18.8 Å². The van der Waals surface area contributed by atoms with Crippen molar-refractivity contribution in [2.24, 2.45) is 5.92 Å². The second-order valence-corrected chi connectivity index (χ2v) is 7.06. The smallest absolute Gasteiger partial charge is 0.122 e. The van der Waals surface area contributed by atoms with E-state index >= 15 is 0 Å². The molecule has 3 unspecified atom stereocenters. The van der Waals surface area contributed by atoms with Crippen molar-refractivity contribution in [3.63, 3.8) is 0 Å². The van der Waals surface area contributed by atoms with Crippen molar-refractivity contribution in [2.45, 2.75) is 50.7 Å². The lowest BCUT2D eigenvalue weighted by Crippen LogP contribution is -2.48. The molecule has 1 aliphatic carbocycles. The van der Waals surface area contributed by atoms with Crippen molar-refractivity contribution in [3.05, 3.63) is 28.2 Å². The van der Waals surface area contributed by atoms with Gasteiger partial charge in [-0.3, -0.25) is 0 Å². The van der Waals surface area contributed by atoms with Crippen LogP contribution in [0.25, 0.3) is 0 Å². The maximum absolute atomic E-state index is 10.8. The monoisotopic (exact) mass is 356 g/mol. The summed E-state index contributed by atoms with van der Waals surface area (Å²) in [6, 6.07) is 5.89. The van der Waals surface area contributed by atoms with Crippen molar-refractivity contribution in [1.82, 2.24) is 0 Å². The summed E-state index contributed by atoms with van der Waals surface area (Å²) in [6.07, 6.45) is 4.20. The van der Waals surface area contributed by atoms with E-state index in [1.54, 1.807) is 14.2 Å². The van der Waals surface area contributed by atoms with Crippen LogP contribution in [0.15, 0.2) is 22.7 Å². The second kappa shape index (κ2) is 7.12. The quantitative estimate of drug-likeness (QED) is 0.867. The summed E-state index contributed by atoms with van der Waals surface area (Å²) in [5, 5.41) is 10.8. The summed E-state index contributed by atoms with van der Waals surface area (Å²) in [5.41, 5.74) is 0.583. The molecule has 0 bridgehead atoms. The van der Waals surface area contributed by atoms with Crippen molar-refractivity contribution in [1.29, 1.82) is 0 Å². The van der Waals surface area contributed by atoms with Gasteiger partial charge >= 0.3 is 0 Å². The fourth-order valence-electron chi connectivity index (χ4n) is 3.47. The predicted octanol–water partition coefficient (Wildman–Crippen LogP) is 3.96. The van der Waals surface area contributed by atoms with E-state index in [1.807, 2.05) is 18.2 Å². The van der Waals surface area contributed by atoms with Gasteiger partial charge in [-0.15, -0.1) is 0 Å². The van der Waals surface area contributed by atoms with Crippen molar-refractivity contribution < 1.29 is 14.6 Å². The van der Waals surface area contributed by atoms with Crippen LogP contribution in [0.4, 0.5) is 0 Å². The first kappa shape index (κ1) is 16.8. The van der Waals surface area contributed by atoms with Gasteiger partial charge in [0.15, 0.2) is 0 Å². The van der Waals surface area contributed by atoms with Gasteiger partial charge in [0, 0.05) is 18.0 Å². The van der Waals surface area contributed by atoms with E-state index in [9.17, 15) is 5.11 Å². The fraction of sp³-hybridized carbons (Fsp3) is 0.647. The third-order valence-corrected chi connectivity index (χ3v) is 5.15. The molecule has 0 amide bonds. The molecule has 0 radical (unpaired) electrons. The molecule has 4 heteroatoms. The molecule has 2 rings (SSSR count). The van der Waals surface area contributed by atoms with Gasteiger partial charge in [0.25, 0.3) is 0 Å². The molecule has 1 aromatic rings. The molecule has 3 atom stereocenters. The Kier molecular flexibility index (Phi) is 5.69. The Morgan fingerprint density at radius 2 is 2.19 bits per heavy atom. The number of methoxy groups -OCH3 is 2. The van der Waals surface area contributed by atoms with E-state index in [0.29, 0.717) is 12.3 Å². The predicted molar refractivity (Wildman–Crippen MR) is 87.8 cm³/mol. The Bertz CT molecular complexity index is 477. The first-order valence-electron chi connectivity index (χ1n) is 7.56. The minimum Gasteiger partial charge on any atom is -0.496 e. The molecule has 1 saturated carbocycles. The third-order valence-electron chi connectivity index (χ3n) is 4.66. The van der Waals surface area contributed by atoms with Crippen molar-refractivity contribution >= 4 is 15.9 Å². The SMILES string of the molecule is COc1ccc(Br)cc1CC(O)C1(OC)CCCC(C)C1. The van der Waals surface area contributed by atoms with Crippen LogP contribution in [0.1, 0.15) is 38.2 Å². The summed E-state index contributed by atoms with van der Waals surface area (Å²) in [6.45, 7) is 2.24. The Balaban J connectivity index is 2.19. The van der Waals surface area contributed by atoms with Crippen molar-refractivity contribution in [2.75, 3.05) is 14.2 Å². The Hall–Kier alpha value is -0.580. The molecule has 0 aromatic heterocycles. The maximum atomic E-state index is 10.8. The van der Waals surface area contributed by atoms with E-state index in [1.165, 1.54) is 6.42 Å². The minimum absolute atomic E-state index is 0.426. The van der Waals surface area contributed by atoms with Crippen LogP contribution in [-0.2, 0) is 11.2 Å². The average Bonchev–Trinajstić information content (AvgIpc) is 2.47. The molecule has 0 heterocycles. The lowest BCUT2D eigenvalue weighted by molar-refractivity contribution is -0.131. The molecular formula is C17H25BrO3. The molecule has 0 aliphatic heterocycles. The molecule has 1 aliphatic rings. The van der Waals surface area contributed by atoms with Crippen LogP contribution < -0.4 is 4.74 Å². The molecule has 118 valence electrons. The zero-order valence-electron chi connectivity index (χ0n) is 13.1. The molecule has 1 aromatic carbocycles. The topological polar surface area (TPSA) is 38.7 Å². The fourth-order valence-corrected chi connectivity index (χ4v) is 3.88. The first-order valence-corrected chi connectivity index (χ1v) is 8.35. The number of ether oxygens (including phenoxy) is 2. The lowest BCUT2D eigenvalue weighted by Gasteiger charge is -2.42. The van der Waals surface area contributed by atoms with Gasteiger partial charge in [-0.2, -0.15) is 0 Å². The number of aliphatic hydroxyl groups is 1. The molecule has 0 saturated heterocycles. The highest BCUT2D eigenvalue weighted by atomic mass is 79.9. The molecule has 3 nitrogen and oxygen atoms in total. The molecular weight excluding hydrogens is 332 g/mol. The number of halogens is 1. The number of hydrogen-bond acceptors (Lipinski definition) is 3. The number of benzene rings is 1. The highest BCUT2D eigenvalue weighted by molar-refractivity contribution is 9.10. The van der Waals surface area contributed by atoms with E-state index < -0.39 is 11.7 Å². The van der Waals surface area contributed by atoms with Crippen LogP contribution >= 0.6 is 15.9 Å². The normalized spacial score (nSPS) is 27.4. The standard InChI is InChI=1S/C17H25BrO3/c1-12-5-4-8-17(11-12,21-3)16(19)10-13-9-14(18)6-7-15(13)20-2/h6-7,9,12,16,19H,4-5,8,10-11H2,1-3H3. The van der Waals surface area contributed by atoms with Gasteiger partial charge in [0.1, 0.15) is 5.75 Å². The summed E-state index contributed by atoms with van der Waals surface area (Å²) in [5.74, 6) is 1.41. The van der Waals surface area contributed by atoms with E-state index in [0.717, 1.165) is 35.0 Å². The first-order chi connectivity index (χ1) is 10.0. The van der Waals surface area contributed by atoms with E-state index in [-0.39, 0.29) is 0 Å².